The highest BCUT2D eigenvalue weighted by Gasteiger charge is 2.24. The molecule has 1 aliphatic rings. The van der Waals surface area contributed by atoms with Crippen molar-refractivity contribution in [2.75, 3.05) is 7.11 Å². The number of carbonyl (C=O) groups is 1. The summed E-state index contributed by atoms with van der Waals surface area (Å²) in [6.45, 7) is 0. The molecule has 1 fully saturated rings. The van der Waals surface area contributed by atoms with Gasteiger partial charge in [-0.25, -0.2) is 5.84 Å². The molecule has 1 amide bonds. The van der Waals surface area contributed by atoms with Crippen LogP contribution in [0.15, 0.2) is 18.2 Å². The third kappa shape index (κ3) is 1.94. The molecule has 0 bridgehead atoms. The van der Waals surface area contributed by atoms with E-state index < -0.39 is 0 Å². The van der Waals surface area contributed by atoms with Gasteiger partial charge in [-0.2, -0.15) is 0 Å². The topological polar surface area (TPSA) is 64.3 Å². The number of nitrogen functional groups attached to an aromatic ring is 1. The average Bonchev–Trinajstić information content (AvgIpc) is 3.11. The molecule has 0 spiro atoms. The summed E-state index contributed by atoms with van der Waals surface area (Å²) in [7, 11) is 1.55. The molecule has 0 aromatic heterocycles. The summed E-state index contributed by atoms with van der Waals surface area (Å²) >= 11 is 0. The zero-order valence-corrected chi connectivity index (χ0v) is 8.62. The van der Waals surface area contributed by atoms with E-state index >= 15 is 0 Å². The highest BCUT2D eigenvalue weighted by molar-refractivity contribution is 5.96. The maximum absolute atomic E-state index is 11.4. The number of hydrazine groups is 1. The minimum atomic E-state index is -0.325. The number of methoxy groups -OCH3 is 1. The summed E-state index contributed by atoms with van der Waals surface area (Å²) in [6.07, 6.45) is 2.46. The lowest BCUT2D eigenvalue weighted by Crippen LogP contribution is -2.30. The van der Waals surface area contributed by atoms with Crippen LogP contribution < -0.4 is 16.0 Å². The molecule has 0 atom stereocenters. The van der Waals surface area contributed by atoms with Crippen molar-refractivity contribution in [3.05, 3.63) is 29.3 Å². The molecular weight excluding hydrogens is 192 g/mol. The Hall–Kier alpha value is -1.55. The first-order valence-corrected chi connectivity index (χ1v) is 4.95. The average molecular weight is 206 g/mol. The smallest absolute Gasteiger partial charge is 0.268 e. The van der Waals surface area contributed by atoms with Crippen LogP contribution in [-0.2, 0) is 0 Å². The zero-order chi connectivity index (χ0) is 10.8. The van der Waals surface area contributed by atoms with Gasteiger partial charge in [0.05, 0.1) is 12.7 Å². The van der Waals surface area contributed by atoms with Gasteiger partial charge in [0.25, 0.3) is 5.91 Å². The van der Waals surface area contributed by atoms with E-state index in [0.717, 1.165) is 0 Å². The summed E-state index contributed by atoms with van der Waals surface area (Å²) < 4.78 is 5.17. The van der Waals surface area contributed by atoms with Gasteiger partial charge in [0.15, 0.2) is 0 Å². The van der Waals surface area contributed by atoms with Gasteiger partial charge in [-0.3, -0.25) is 10.2 Å². The van der Waals surface area contributed by atoms with E-state index in [1.54, 1.807) is 13.2 Å². The van der Waals surface area contributed by atoms with Crippen LogP contribution in [0.3, 0.4) is 0 Å². The fourth-order valence-electron chi connectivity index (χ4n) is 1.64. The number of rotatable bonds is 3. The normalized spacial score (nSPS) is 14.8. The lowest BCUT2D eigenvalue weighted by molar-refractivity contribution is 0.0950. The Balaban J connectivity index is 2.34. The first-order chi connectivity index (χ1) is 7.26. The van der Waals surface area contributed by atoms with Crippen molar-refractivity contribution in [3.63, 3.8) is 0 Å². The Morgan fingerprint density at radius 1 is 1.53 bits per heavy atom. The second kappa shape index (κ2) is 3.90. The van der Waals surface area contributed by atoms with Crippen LogP contribution in [-0.4, -0.2) is 13.0 Å². The number of hydrogen-bond acceptors (Lipinski definition) is 3. The van der Waals surface area contributed by atoms with Gasteiger partial charge in [-0.1, -0.05) is 6.07 Å². The minimum absolute atomic E-state index is 0.325. The fourth-order valence-corrected chi connectivity index (χ4v) is 1.64. The first kappa shape index (κ1) is 9.98. The van der Waals surface area contributed by atoms with Crippen molar-refractivity contribution in [2.45, 2.75) is 18.8 Å². The van der Waals surface area contributed by atoms with Crippen LogP contribution >= 0.6 is 0 Å². The van der Waals surface area contributed by atoms with Crippen LogP contribution in [0.5, 0.6) is 5.75 Å². The largest absolute Gasteiger partial charge is 0.496 e. The molecule has 1 saturated carbocycles. The Bertz CT molecular complexity index is 386. The molecule has 0 aliphatic heterocycles. The second-order valence-corrected chi connectivity index (χ2v) is 3.71. The number of hydrogen-bond donors (Lipinski definition) is 2. The molecule has 1 aliphatic carbocycles. The molecule has 4 heteroatoms. The van der Waals surface area contributed by atoms with Gasteiger partial charge in [0.2, 0.25) is 0 Å². The van der Waals surface area contributed by atoms with Crippen LogP contribution in [0.25, 0.3) is 0 Å². The summed E-state index contributed by atoms with van der Waals surface area (Å²) in [5, 5.41) is 0. The molecular formula is C11H14N2O2. The predicted octanol–water partition coefficient (Wildman–Crippen LogP) is 1.18. The van der Waals surface area contributed by atoms with Gasteiger partial charge in [-0.15, -0.1) is 0 Å². The van der Waals surface area contributed by atoms with Gasteiger partial charge in [0, 0.05) is 0 Å². The maximum atomic E-state index is 11.4. The van der Waals surface area contributed by atoms with Gasteiger partial charge >= 0.3 is 0 Å². The second-order valence-electron chi connectivity index (χ2n) is 3.71. The Kier molecular flexibility index (Phi) is 2.60. The van der Waals surface area contributed by atoms with E-state index in [1.165, 1.54) is 18.4 Å². The summed E-state index contributed by atoms with van der Waals surface area (Å²) in [4.78, 5) is 11.4. The molecule has 3 N–H and O–H groups in total. The molecule has 0 heterocycles. The SMILES string of the molecule is COc1cc(C2CC2)ccc1C(=O)NN. The molecule has 1 aromatic rings. The third-order valence-electron chi connectivity index (χ3n) is 2.65. The molecule has 0 unspecified atom stereocenters. The summed E-state index contributed by atoms with van der Waals surface area (Å²) in [6, 6.07) is 5.64. The van der Waals surface area contributed by atoms with Crippen molar-refractivity contribution in [2.24, 2.45) is 5.84 Å². The fraction of sp³-hybridized carbons (Fsp3) is 0.364. The van der Waals surface area contributed by atoms with E-state index in [4.69, 9.17) is 10.6 Å². The molecule has 4 nitrogen and oxygen atoms in total. The standard InChI is InChI=1S/C11H14N2O2/c1-15-10-6-8(7-2-3-7)4-5-9(10)11(14)13-12/h4-7H,2-3,12H2,1H3,(H,13,14). The van der Waals surface area contributed by atoms with Crippen molar-refractivity contribution < 1.29 is 9.53 Å². The Labute approximate surface area is 88.4 Å². The zero-order valence-electron chi connectivity index (χ0n) is 8.62. The highest BCUT2D eigenvalue weighted by Crippen LogP contribution is 2.41. The van der Waals surface area contributed by atoms with Crippen LogP contribution in [0.2, 0.25) is 0 Å². The third-order valence-corrected chi connectivity index (χ3v) is 2.65. The Morgan fingerprint density at radius 2 is 2.27 bits per heavy atom. The van der Waals surface area contributed by atoms with E-state index in [-0.39, 0.29) is 5.91 Å². The van der Waals surface area contributed by atoms with E-state index in [1.807, 2.05) is 12.1 Å². The Morgan fingerprint density at radius 3 is 2.80 bits per heavy atom. The van der Waals surface area contributed by atoms with E-state index in [0.29, 0.717) is 17.2 Å². The summed E-state index contributed by atoms with van der Waals surface area (Å²) in [5.41, 5.74) is 3.81. The number of amides is 1. The predicted molar refractivity (Wildman–Crippen MR) is 56.6 cm³/mol. The number of ether oxygens (including phenoxy) is 1. The molecule has 0 radical (unpaired) electrons. The number of nitrogens with one attached hydrogen (secondary N) is 1. The van der Waals surface area contributed by atoms with Crippen molar-refractivity contribution in [1.29, 1.82) is 0 Å². The van der Waals surface area contributed by atoms with Crippen LogP contribution in [0, 0.1) is 0 Å². The number of benzene rings is 1. The van der Waals surface area contributed by atoms with Crippen molar-refractivity contribution >= 4 is 5.91 Å². The lowest BCUT2D eigenvalue weighted by atomic mass is 10.1. The monoisotopic (exact) mass is 206 g/mol. The van der Waals surface area contributed by atoms with E-state index in [9.17, 15) is 4.79 Å². The summed E-state index contributed by atoms with van der Waals surface area (Å²) in [5.74, 6) is 5.99. The van der Waals surface area contributed by atoms with Crippen LogP contribution in [0.4, 0.5) is 0 Å². The quantitative estimate of drug-likeness (QED) is 0.443. The lowest BCUT2D eigenvalue weighted by Gasteiger charge is -2.08. The first-order valence-electron chi connectivity index (χ1n) is 4.95. The molecule has 80 valence electrons. The molecule has 0 saturated heterocycles. The number of nitrogens with two attached hydrogens (primary N) is 1. The molecule has 1 aromatic carbocycles. The highest BCUT2D eigenvalue weighted by atomic mass is 16.5. The molecule has 2 rings (SSSR count). The minimum Gasteiger partial charge on any atom is -0.496 e. The van der Waals surface area contributed by atoms with Gasteiger partial charge in [0.1, 0.15) is 5.75 Å². The number of carbonyl (C=O) groups excluding carboxylic acids is 1. The van der Waals surface area contributed by atoms with Crippen molar-refractivity contribution in [1.82, 2.24) is 5.43 Å². The van der Waals surface area contributed by atoms with E-state index in [2.05, 4.69) is 5.43 Å². The van der Waals surface area contributed by atoms with Crippen molar-refractivity contribution in [3.8, 4) is 5.75 Å². The van der Waals surface area contributed by atoms with Gasteiger partial charge in [-0.05, 0) is 36.5 Å². The van der Waals surface area contributed by atoms with Gasteiger partial charge < -0.3 is 4.74 Å². The van der Waals surface area contributed by atoms with Crippen LogP contribution in [0.1, 0.15) is 34.7 Å². The maximum Gasteiger partial charge on any atom is 0.268 e. The molecule has 15 heavy (non-hydrogen) atoms.